The van der Waals surface area contributed by atoms with Crippen LogP contribution in [0.3, 0.4) is 0 Å². The Hall–Kier alpha value is -0.220. The molecule has 0 radical (unpaired) electrons. The Balaban J connectivity index is 2.96. The van der Waals surface area contributed by atoms with Gasteiger partial charge in [0.15, 0.2) is 0 Å². The molecular formula is C6H14N2OS. The Morgan fingerprint density at radius 3 is 2.80 bits per heavy atom. The zero-order valence-corrected chi connectivity index (χ0v) is 7.04. The van der Waals surface area contributed by atoms with Crippen LogP contribution in [-0.2, 0) is 4.79 Å². The van der Waals surface area contributed by atoms with Crippen LogP contribution in [0.2, 0.25) is 0 Å². The molecule has 0 bridgehead atoms. The number of hydrogen-bond donors (Lipinski definition) is 2. The maximum absolute atomic E-state index is 10.6. The average molecular weight is 162 g/mol. The van der Waals surface area contributed by atoms with Crippen molar-refractivity contribution in [1.82, 2.24) is 5.32 Å². The van der Waals surface area contributed by atoms with E-state index in [9.17, 15) is 4.79 Å². The molecule has 60 valence electrons. The predicted octanol–water partition coefficient (Wildman–Crippen LogP) is -0.186. The summed E-state index contributed by atoms with van der Waals surface area (Å²) in [5.74, 6) is 1.91. The molecule has 0 aliphatic carbocycles. The molecule has 1 amide bonds. The summed E-state index contributed by atoms with van der Waals surface area (Å²) in [6.07, 6.45) is 0.598. The molecule has 0 aliphatic rings. The lowest BCUT2D eigenvalue weighted by Crippen LogP contribution is -2.18. The molecule has 0 aliphatic heterocycles. The number of nitrogens with two attached hydrogens (primary N) is 1. The fourth-order valence-corrected chi connectivity index (χ4v) is 1.18. The highest BCUT2D eigenvalue weighted by Gasteiger charge is 1.95. The van der Waals surface area contributed by atoms with Crippen molar-refractivity contribution in [3.63, 3.8) is 0 Å². The molecule has 0 unspecified atom stereocenters. The summed E-state index contributed by atoms with van der Waals surface area (Å²) in [4.78, 5) is 10.6. The summed E-state index contributed by atoms with van der Waals surface area (Å²) in [5, 5.41) is 2.56. The van der Waals surface area contributed by atoms with Crippen LogP contribution in [0, 0.1) is 0 Å². The van der Waals surface area contributed by atoms with Gasteiger partial charge in [0.25, 0.3) is 0 Å². The van der Waals surface area contributed by atoms with Crippen LogP contribution in [-0.4, -0.2) is 31.0 Å². The van der Waals surface area contributed by atoms with Gasteiger partial charge in [-0.05, 0) is 0 Å². The minimum Gasteiger partial charge on any atom is -0.359 e. The number of carbonyl (C=O) groups excluding carboxylic acids is 1. The third-order valence-corrected chi connectivity index (χ3v) is 2.03. The quantitative estimate of drug-likeness (QED) is 0.551. The molecule has 3 N–H and O–H groups in total. The van der Waals surface area contributed by atoms with Crippen molar-refractivity contribution in [2.24, 2.45) is 5.73 Å². The fourth-order valence-electron chi connectivity index (χ4n) is 0.475. The van der Waals surface area contributed by atoms with Crippen molar-refractivity contribution in [2.45, 2.75) is 6.42 Å². The molecule has 0 spiro atoms. The van der Waals surface area contributed by atoms with E-state index in [1.54, 1.807) is 18.8 Å². The monoisotopic (exact) mass is 162 g/mol. The molecule has 0 rings (SSSR count). The Morgan fingerprint density at radius 1 is 1.60 bits per heavy atom. The fraction of sp³-hybridized carbons (Fsp3) is 0.833. The lowest BCUT2D eigenvalue weighted by Gasteiger charge is -1.97. The first-order valence-electron chi connectivity index (χ1n) is 3.29. The maximum Gasteiger partial charge on any atom is 0.220 e. The zero-order chi connectivity index (χ0) is 7.82. The standard InChI is InChI=1S/C6H14N2OS/c1-8-6(9)2-4-10-5-3-7/h2-5,7H2,1H3,(H,8,9). The molecule has 10 heavy (non-hydrogen) atoms. The van der Waals surface area contributed by atoms with Crippen LogP contribution in [0.25, 0.3) is 0 Å². The van der Waals surface area contributed by atoms with E-state index in [2.05, 4.69) is 5.32 Å². The number of nitrogens with one attached hydrogen (secondary N) is 1. The third-order valence-electron chi connectivity index (χ3n) is 1.01. The molecule has 0 saturated heterocycles. The van der Waals surface area contributed by atoms with E-state index < -0.39 is 0 Å². The first kappa shape index (κ1) is 9.78. The topological polar surface area (TPSA) is 55.1 Å². The van der Waals surface area contributed by atoms with Crippen molar-refractivity contribution in [1.29, 1.82) is 0 Å². The van der Waals surface area contributed by atoms with E-state index in [4.69, 9.17) is 5.73 Å². The second kappa shape index (κ2) is 6.89. The summed E-state index contributed by atoms with van der Waals surface area (Å²) >= 11 is 1.71. The van der Waals surface area contributed by atoms with Gasteiger partial charge in [-0.25, -0.2) is 0 Å². The van der Waals surface area contributed by atoms with E-state index in [-0.39, 0.29) is 5.91 Å². The number of thioether (sulfide) groups is 1. The van der Waals surface area contributed by atoms with Crippen molar-refractivity contribution < 1.29 is 4.79 Å². The minimum absolute atomic E-state index is 0.101. The van der Waals surface area contributed by atoms with Crippen molar-refractivity contribution >= 4 is 17.7 Å². The van der Waals surface area contributed by atoms with E-state index in [0.29, 0.717) is 13.0 Å². The van der Waals surface area contributed by atoms with E-state index in [1.165, 1.54) is 0 Å². The van der Waals surface area contributed by atoms with Gasteiger partial charge in [-0.1, -0.05) is 0 Å². The van der Waals surface area contributed by atoms with Crippen molar-refractivity contribution in [2.75, 3.05) is 25.1 Å². The van der Waals surface area contributed by atoms with Crippen LogP contribution < -0.4 is 11.1 Å². The van der Waals surface area contributed by atoms with Crippen LogP contribution in [0.4, 0.5) is 0 Å². The number of amides is 1. The highest BCUT2D eigenvalue weighted by Crippen LogP contribution is 1.99. The van der Waals surface area contributed by atoms with Gasteiger partial charge >= 0.3 is 0 Å². The van der Waals surface area contributed by atoms with E-state index >= 15 is 0 Å². The highest BCUT2D eigenvalue weighted by atomic mass is 32.2. The largest absolute Gasteiger partial charge is 0.359 e. The van der Waals surface area contributed by atoms with Gasteiger partial charge < -0.3 is 11.1 Å². The zero-order valence-electron chi connectivity index (χ0n) is 6.22. The second-order valence-electron chi connectivity index (χ2n) is 1.82. The molecule has 0 aromatic rings. The molecule has 0 heterocycles. The Morgan fingerprint density at radius 2 is 2.30 bits per heavy atom. The normalized spacial score (nSPS) is 9.40. The summed E-state index contributed by atoms with van der Waals surface area (Å²) < 4.78 is 0. The third kappa shape index (κ3) is 5.91. The van der Waals surface area contributed by atoms with Gasteiger partial charge in [0.2, 0.25) is 5.91 Å². The summed E-state index contributed by atoms with van der Waals surface area (Å²) in [7, 11) is 1.65. The van der Waals surface area contributed by atoms with Gasteiger partial charge in [0.1, 0.15) is 0 Å². The molecule has 0 aromatic heterocycles. The van der Waals surface area contributed by atoms with E-state index in [1.807, 2.05) is 0 Å². The smallest absolute Gasteiger partial charge is 0.220 e. The van der Waals surface area contributed by atoms with Crippen LogP contribution in [0.15, 0.2) is 0 Å². The molecule has 0 aromatic carbocycles. The van der Waals surface area contributed by atoms with Gasteiger partial charge in [-0.15, -0.1) is 0 Å². The van der Waals surface area contributed by atoms with Gasteiger partial charge in [-0.3, -0.25) is 4.79 Å². The number of rotatable bonds is 5. The van der Waals surface area contributed by atoms with Crippen LogP contribution in [0.1, 0.15) is 6.42 Å². The minimum atomic E-state index is 0.101. The van der Waals surface area contributed by atoms with Gasteiger partial charge in [-0.2, -0.15) is 11.8 Å². The SMILES string of the molecule is CNC(=O)CCSCCN. The predicted molar refractivity (Wildman–Crippen MR) is 45.1 cm³/mol. The van der Waals surface area contributed by atoms with Crippen molar-refractivity contribution in [3.05, 3.63) is 0 Å². The summed E-state index contributed by atoms with van der Waals surface area (Å²) in [6, 6.07) is 0. The molecule has 3 nitrogen and oxygen atoms in total. The Labute approximate surface area is 65.7 Å². The Bertz CT molecular complexity index is 97.7. The van der Waals surface area contributed by atoms with Crippen LogP contribution in [0.5, 0.6) is 0 Å². The lowest BCUT2D eigenvalue weighted by molar-refractivity contribution is -0.120. The number of hydrogen-bond acceptors (Lipinski definition) is 3. The van der Waals surface area contributed by atoms with Gasteiger partial charge in [0.05, 0.1) is 0 Å². The molecule has 0 fully saturated rings. The maximum atomic E-state index is 10.6. The summed E-state index contributed by atoms with van der Waals surface area (Å²) in [6.45, 7) is 0.693. The molecule has 0 saturated carbocycles. The lowest BCUT2D eigenvalue weighted by atomic mass is 10.5. The average Bonchev–Trinajstić information content (AvgIpc) is 1.98. The number of carbonyl (C=O) groups is 1. The first-order chi connectivity index (χ1) is 4.81. The first-order valence-corrected chi connectivity index (χ1v) is 4.45. The van der Waals surface area contributed by atoms with Gasteiger partial charge in [0, 0.05) is 31.5 Å². The molecule has 0 atom stereocenters. The molecule has 4 heteroatoms. The summed E-state index contributed by atoms with van der Waals surface area (Å²) in [5.41, 5.74) is 5.26. The second-order valence-corrected chi connectivity index (χ2v) is 3.05. The van der Waals surface area contributed by atoms with Crippen molar-refractivity contribution in [3.8, 4) is 0 Å². The molecular weight excluding hydrogens is 148 g/mol. The van der Waals surface area contributed by atoms with Crippen LogP contribution >= 0.6 is 11.8 Å². The Kier molecular flexibility index (Phi) is 6.74. The van der Waals surface area contributed by atoms with E-state index in [0.717, 1.165) is 11.5 Å². The highest BCUT2D eigenvalue weighted by molar-refractivity contribution is 7.99.